The fraction of sp³-hybridized carbons (Fsp3) is 0.733. The highest BCUT2D eigenvalue weighted by Gasteiger charge is 2.39. The van der Waals surface area contributed by atoms with E-state index in [1.165, 1.54) is 6.33 Å². The Kier molecular flexibility index (Phi) is 4.35. The number of nitrogens with zero attached hydrogens (tertiary/aromatic N) is 3. The van der Waals surface area contributed by atoms with Gasteiger partial charge in [-0.05, 0) is 25.7 Å². The molecule has 0 unspecified atom stereocenters. The van der Waals surface area contributed by atoms with Crippen molar-refractivity contribution >= 4 is 5.82 Å². The third-order valence-electron chi connectivity index (χ3n) is 4.61. The van der Waals surface area contributed by atoms with E-state index in [9.17, 15) is 9.50 Å². The normalized spacial score (nSPS) is 29.9. The Morgan fingerprint density at radius 1 is 1.43 bits per heavy atom. The van der Waals surface area contributed by atoms with Gasteiger partial charge in [-0.3, -0.25) is 0 Å². The van der Waals surface area contributed by atoms with E-state index in [0.29, 0.717) is 37.6 Å². The molecule has 1 N–H and O–H groups in total. The molecule has 0 aliphatic carbocycles. The monoisotopic (exact) mass is 295 g/mol. The Morgan fingerprint density at radius 2 is 2.29 bits per heavy atom. The lowest BCUT2D eigenvalue weighted by Gasteiger charge is -2.37. The van der Waals surface area contributed by atoms with Crippen LogP contribution in [0.4, 0.5) is 10.2 Å². The molecule has 0 bridgehead atoms. The molecule has 2 saturated heterocycles. The molecule has 0 radical (unpaired) electrons. The van der Waals surface area contributed by atoms with Crippen LogP contribution in [0, 0.1) is 11.7 Å². The van der Waals surface area contributed by atoms with Crippen LogP contribution in [0.2, 0.25) is 0 Å². The summed E-state index contributed by atoms with van der Waals surface area (Å²) in [6, 6.07) is 0.0920. The number of aliphatic hydroxyl groups is 1. The van der Waals surface area contributed by atoms with Crippen molar-refractivity contribution in [1.82, 2.24) is 9.97 Å². The van der Waals surface area contributed by atoms with Crippen molar-refractivity contribution < 1.29 is 14.2 Å². The molecule has 3 heterocycles. The number of anilines is 1. The fourth-order valence-electron chi connectivity index (χ4n) is 3.46. The number of halogens is 1. The molecule has 0 saturated carbocycles. The number of aromatic nitrogens is 2. The summed E-state index contributed by atoms with van der Waals surface area (Å²) in [5, 5.41) is 10.2. The number of ether oxygens (including phenoxy) is 1. The molecule has 3 atom stereocenters. The molecule has 3 rings (SSSR count). The largest absolute Gasteiger partial charge is 0.393 e. The third kappa shape index (κ3) is 2.74. The first-order chi connectivity index (χ1) is 10.2. The molecule has 21 heavy (non-hydrogen) atoms. The molecule has 1 aromatic heterocycles. The van der Waals surface area contributed by atoms with E-state index in [1.807, 2.05) is 11.8 Å². The van der Waals surface area contributed by atoms with Crippen LogP contribution in [0.25, 0.3) is 0 Å². The van der Waals surface area contributed by atoms with Gasteiger partial charge < -0.3 is 14.7 Å². The standard InChI is InChI=1S/C15H22FN3O2/c1-2-11-14(16)15(18-9-17-11)19-6-3-4-12(19)10-8-21-7-5-13(10)20/h9-10,12-13,20H,2-8H2,1H3/t10-,12-,13+/m1/s1. The van der Waals surface area contributed by atoms with E-state index >= 15 is 0 Å². The lowest BCUT2D eigenvalue weighted by atomic mass is 9.89. The van der Waals surface area contributed by atoms with Crippen molar-refractivity contribution in [3.63, 3.8) is 0 Å². The van der Waals surface area contributed by atoms with Gasteiger partial charge in [0.05, 0.1) is 18.4 Å². The minimum atomic E-state index is -0.375. The molecule has 0 aromatic carbocycles. The zero-order valence-electron chi connectivity index (χ0n) is 12.3. The Bertz CT molecular complexity index is 500. The zero-order valence-corrected chi connectivity index (χ0v) is 12.3. The molecular weight excluding hydrogens is 273 g/mol. The maximum Gasteiger partial charge on any atom is 0.187 e. The summed E-state index contributed by atoms with van der Waals surface area (Å²) in [7, 11) is 0. The van der Waals surface area contributed by atoms with Gasteiger partial charge in [-0.25, -0.2) is 14.4 Å². The van der Waals surface area contributed by atoms with Gasteiger partial charge in [0, 0.05) is 25.1 Å². The van der Waals surface area contributed by atoms with Crippen molar-refractivity contribution in [2.24, 2.45) is 5.92 Å². The van der Waals surface area contributed by atoms with Crippen LogP contribution in [0.5, 0.6) is 0 Å². The molecule has 2 aliphatic heterocycles. The Hall–Kier alpha value is -1.27. The molecule has 2 fully saturated rings. The second-order valence-electron chi connectivity index (χ2n) is 5.81. The number of rotatable bonds is 3. The van der Waals surface area contributed by atoms with E-state index < -0.39 is 0 Å². The lowest BCUT2D eigenvalue weighted by molar-refractivity contribution is -0.0438. The molecule has 0 amide bonds. The highest BCUT2D eigenvalue weighted by molar-refractivity contribution is 5.43. The summed E-state index contributed by atoms with van der Waals surface area (Å²) in [6.07, 6.45) is 4.19. The van der Waals surface area contributed by atoms with Crippen LogP contribution in [0.1, 0.15) is 31.9 Å². The highest BCUT2D eigenvalue weighted by Crippen LogP contribution is 2.34. The van der Waals surface area contributed by atoms with Gasteiger partial charge in [0.15, 0.2) is 11.6 Å². The maximum absolute atomic E-state index is 14.5. The molecule has 2 aliphatic rings. The summed E-state index contributed by atoms with van der Waals surface area (Å²) < 4.78 is 20.0. The summed E-state index contributed by atoms with van der Waals surface area (Å²) in [5.41, 5.74) is 0.450. The first-order valence-corrected chi connectivity index (χ1v) is 7.74. The molecule has 6 heteroatoms. The Balaban J connectivity index is 1.87. The van der Waals surface area contributed by atoms with Crippen LogP contribution in [-0.4, -0.2) is 47.0 Å². The number of hydrogen-bond acceptors (Lipinski definition) is 5. The van der Waals surface area contributed by atoms with Crippen molar-refractivity contribution in [1.29, 1.82) is 0 Å². The highest BCUT2D eigenvalue weighted by atomic mass is 19.1. The topological polar surface area (TPSA) is 58.5 Å². The van der Waals surface area contributed by atoms with E-state index in [1.54, 1.807) is 0 Å². The van der Waals surface area contributed by atoms with E-state index in [4.69, 9.17) is 4.74 Å². The molecule has 1 aromatic rings. The first kappa shape index (κ1) is 14.7. The summed E-state index contributed by atoms with van der Waals surface area (Å²) in [5.74, 6) is 0.0842. The zero-order chi connectivity index (χ0) is 14.8. The summed E-state index contributed by atoms with van der Waals surface area (Å²) >= 11 is 0. The predicted molar refractivity (Wildman–Crippen MR) is 76.7 cm³/mol. The molecule has 5 nitrogen and oxygen atoms in total. The van der Waals surface area contributed by atoms with E-state index in [-0.39, 0.29) is 23.9 Å². The van der Waals surface area contributed by atoms with Crippen LogP contribution in [0.15, 0.2) is 6.33 Å². The minimum Gasteiger partial charge on any atom is -0.393 e. The fourth-order valence-corrected chi connectivity index (χ4v) is 3.46. The number of hydrogen-bond donors (Lipinski definition) is 1. The van der Waals surface area contributed by atoms with Crippen molar-refractivity contribution in [3.05, 3.63) is 17.8 Å². The first-order valence-electron chi connectivity index (χ1n) is 7.74. The van der Waals surface area contributed by atoms with Crippen molar-refractivity contribution in [2.45, 2.75) is 44.8 Å². The van der Waals surface area contributed by atoms with E-state index in [2.05, 4.69) is 9.97 Å². The van der Waals surface area contributed by atoms with Gasteiger partial charge in [-0.15, -0.1) is 0 Å². The second-order valence-corrected chi connectivity index (χ2v) is 5.81. The minimum absolute atomic E-state index is 0.0284. The van der Waals surface area contributed by atoms with Gasteiger partial charge in [0.2, 0.25) is 0 Å². The predicted octanol–water partition coefficient (Wildman–Crippen LogP) is 1.54. The average Bonchev–Trinajstić information content (AvgIpc) is 2.97. The van der Waals surface area contributed by atoms with Crippen LogP contribution >= 0.6 is 0 Å². The van der Waals surface area contributed by atoms with Crippen molar-refractivity contribution in [2.75, 3.05) is 24.7 Å². The summed E-state index contributed by atoms with van der Waals surface area (Å²) in [4.78, 5) is 10.1. The van der Waals surface area contributed by atoms with Gasteiger partial charge in [-0.2, -0.15) is 0 Å². The van der Waals surface area contributed by atoms with Crippen molar-refractivity contribution in [3.8, 4) is 0 Å². The smallest absolute Gasteiger partial charge is 0.187 e. The van der Waals surface area contributed by atoms with Crippen LogP contribution < -0.4 is 4.90 Å². The van der Waals surface area contributed by atoms with E-state index in [0.717, 1.165) is 19.4 Å². The second kappa shape index (κ2) is 6.23. The molecular formula is C15H22FN3O2. The van der Waals surface area contributed by atoms with Crippen LogP contribution in [-0.2, 0) is 11.2 Å². The Labute approximate surface area is 124 Å². The Morgan fingerprint density at radius 3 is 3.05 bits per heavy atom. The molecule has 0 spiro atoms. The maximum atomic E-state index is 14.5. The lowest BCUT2D eigenvalue weighted by Crippen LogP contribution is -2.46. The van der Waals surface area contributed by atoms with Crippen LogP contribution in [0.3, 0.4) is 0 Å². The van der Waals surface area contributed by atoms with Gasteiger partial charge in [0.25, 0.3) is 0 Å². The van der Waals surface area contributed by atoms with Gasteiger partial charge >= 0.3 is 0 Å². The SMILES string of the molecule is CCc1ncnc(N2CCC[C@@H]2[C@H]2COCC[C@@H]2O)c1F. The summed E-state index contributed by atoms with van der Waals surface area (Å²) in [6.45, 7) is 3.79. The molecule has 116 valence electrons. The third-order valence-corrected chi connectivity index (χ3v) is 4.61. The van der Waals surface area contributed by atoms with Gasteiger partial charge in [-0.1, -0.05) is 6.92 Å². The number of aryl methyl sites for hydroxylation is 1. The van der Waals surface area contributed by atoms with Gasteiger partial charge in [0.1, 0.15) is 6.33 Å². The number of aliphatic hydroxyl groups excluding tert-OH is 1. The average molecular weight is 295 g/mol. The quantitative estimate of drug-likeness (QED) is 0.917.